The summed E-state index contributed by atoms with van der Waals surface area (Å²) in [4.78, 5) is 39.5. The molecule has 2 rings (SSSR count). The summed E-state index contributed by atoms with van der Waals surface area (Å²) in [5.41, 5.74) is 7.16. The van der Waals surface area contributed by atoms with Crippen molar-refractivity contribution in [3.05, 3.63) is 35.9 Å². The van der Waals surface area contributed by atoms with Crippen LogP contribution in [0, 0.1) is 17.8 Å². The SMILES string of the molecule is CCCCNC(=O)[C@H](C[C@H](O)[C@H](CC1CCCCC1)NC(=O)[C@H](CCC)NC(=O)[C@@H](N)Cc1ccccc1)C(C)C. The van der Waals surface area contributed by atoms with Crippen LogP contribution in [0.3, 0.4) is 0 Å². The molecule has 0 radical (unpaired) electrons. The second-order valence-electron chi connectivity index (χ2n) is 12.3. The Kier molecular flexibility index (Phi) is 16.0. The molecule has 0 spiro atoms. The molecule has 1 aromatic rings. The van der Waals surface area contributed by atoms with Crippen LogP contribution in [0.2, 0.25) is 0 Å². The molecule has 0 bridgehead atoms. The van der Waals surface area contributed by atoms with E-state index in [9.17, 15) is 19.5 Å². The average Bonchev–Trinajstić information content (AvgIpc) is 2.96. The molecule has 0 unspecified atom stereocenters. The normalized spacial score (nSPS) is 17.7. The van der Waals surface area contributed by atoms with Gasteiger partial charge >= 0.3 is 0 Å². The third-order valence-corrected chi connectivity index (χ3v) is 8.42. The van der Waals surface area contributed by atoms with Crippen molar-refractivity contribution in [3.8, 4) is 0 Å². The summed E-state index contributed by atoms with van der Waals surface area (Å²) < 4.78 is 0. The van der Waals surface area contributed by atoms with E-state index in [0.717, 1.165) is 44.1 Å². The number of nitrogens with two attached hydrogens (primary N) is 1. The van der Waals surface area contributed by atoms with Crippen molar-refractivity contribution in [2.75, 3.05) is 6.54 Å². The van der Waals surface area contributed by atoms with Crippen molar-refractivity contribution in [2.24, 2.45) is 23.5 Å². The van der Waals surface area contributed by atoms with Crippen molar-refractivity contribution in [3.63, 3.8) is 0 Å². The van der Waals surface area contributed by atoms with Crippen molar-refractivity contribution in [1.29, 1.82) is 0 Å². The van der Waals surface area contributed by atoms with E-state index in [4.69, 9.17) is 5.73 Å². The van der Waals surface area contributed by atoms with E-state index in [0.29, 0.717) is 38.1 Å². The number of rotatable bonds is 18. The number of hydrogen-bond acceptors (Lipinski definition) is 5. The van der Waals surface area contributed by atoms with Gasteiger partial charge in [0.15, 0.2) is 0 Å². The fraction of sp³-hybridized carbons (Fsp3) is 0.727. The zero-order valence-electron chi connectivity index (χ0n) is 25.9. The predicted octanol–water partition coefficient (Wildman–Crippen LogP) is 4.24. The van der Waals surface area contributed by atoms with Gasteiger partial charge in [-0.25, -0.2) is 0 Å². The highest BCUT2D eigenvalue weighted by atomic mass is 16.3. The summed E-state index contributed by atoms with van der Waals surface area (Å²) in [7, 11) is 0. The first-order valence-corrected chi connectivity index (χ1v) is 16.0. The van der Waals surface area contributed by atoms with Crippen LogP contribution >= 0.6 is 0 Å². The standard InChI is InChI=1S/C33H56N4O4/c1-5-7-19-35-31(39)26(23(3)4)22-30(38)29(21-25-17-12-9-13-18-25)37-33(41)28(14-6-2)36-32(40)27(34)20-24-15-10-8-11-16-24/h8,10-11,15-16,23,25-30,38H,5-7,9,12-14,17-22,34H2,1-4H3,(H,35,39)(H,36,40)(H,37,41)/t26-,27+,28+,29+,30+/m1/s1. The molecule has 0 heterocycles. The number of aliphatic hydroxyl groups excluding tert-OH is 1. The molecule has 6 N–H and O–H groups in total. The van der Waals surface area contributed by atoms with E-state index < -0.39 is 24.2 Å². The van der Waals surface area contributed by atoms with Gasteiger partial charge in [0.1, 0.15) is 6.04 Å². The molecular weight excluding hydrogens is 516 g/mol. The lowest BCUT2D eigenvalue weighted by Crippen LogP contribution is -2.56. The van der Waals surface area contributed by atoms with Crippen LogP contribution in [0.5, 0.6) is 0 Å². The van der Waals surface area contributed by atoms with E-state index in [1.807, 2.05) is 51.1 Å². The van der Waals surface area contributed by atoms with Crippen molar-refractivity contribution in [2.45, 2.75) is 129 Å². The molecule has 232 valence electrons. The topological polar surface area (TPSA) is 134 Å². The number of unbranched alkanes of at least 4 members (excludes halogenated alkanes) is 1. The lowest BCUT2D eigenvalue weighted by atomic mass is 9.81. The molecule has 8 heteroatoms. The largest absolute Gasteiger partial charge is 0.391 e. The zero-order valence-corrected chi connectivity index (χ0v) is 25.9. The first-order chi connectivity index (χ1) is 19.7. The first-order valence-electron chi connectivity index (χ1n) is 16.0. The van der Waals surface area contributed by atoms with Crippen LogP contribution in [-0.4, -0.2) is 53.6 Å². The van der Waals surface area contributed by atoms with E-state index >= 15 is 0 Å². The fourth-order valence-electron chi connectivity index (χ4n) is 5.80. The van der Waals surface area contributed by atoms with Gasteiger partial charge in [0.05, 0.1) is 18.2 Å². The van der Waals surface area contributed by atoms with Gasteiger partial charge in [-0.2, -0.15) is 0 Å². The fourth-order valence-corrected chi connectivity index (χ4v) is 5.80. The highest BCUT2D eigenvalue weighted by molar-refractivity contribution is 5.90. The molecule has 41 heavy (non-hydrogen) atoms. The first kappa shape index (κ1) is 34.7. The third-order valence-electron chi connectivity index (χ3n) is 8.42. The van der Waals surface area contributed by atoms with Gasteiger partial charge in [-0.05, 0) is 49.5 Å². The van der Waals surface area contributed by atoms with E-state index in [1.165, 1.54) is 6.42 Å². The summed E-state index contributed by atoms with van der Waals surface area (Å²) in [5, 5.41) is 20.5. The third kappa shape index (κ3) is 12.5. The Morgan fingerprint density at radius 1 is 0.951 bits per heavy atom. The van der Waals surface area contributed by atoms with Crippen LogP contribution in [0.15, 0.2) is 30.3 Å². The Morgan fingerprint density at radius 3 is 2.24 bits per heavy atom. The summed E-state index contributed by atoms with van der Waals surface area (Å²) >= 11 is 0. The van der Waals surface area contributed by atoms with Gasteiger partial charge in [0.25, 0.3) is 0 Å². The lowest BCUT2D eigenvalue weighted by molar-refractivity contribution is -0.131. The molecule has 5 atom stereocenters. The maximum atomic E-state index is 13.6. The van der Waals surface area contributed by atoms with Crippen LogP contribution in [0.1, 0.15) is 104 Å². The van der Waals surface area contributed by atoms with Crippen LogP contribution < -0.4 is 21.7 Å². The summed E-state index contributed by atoms with van der Waals surface area (Å²) in [6, 6.07) is 7.57. The highest BCUT2D eigenvalue weighted by Crippen LogP contribution is 2.29. The van der Waals surface area contributed by atoms with Gasteiger partial charge in [0.2, 0.25) is 17.7 Å². The molecule has 3 amide bonds. The number of amides is 3. The Morgan fingerprint density at radius 2 is 1.63 bits per heavy atom. The second-order valence-corrected chi connectivity index (χ2v) is 12.3. The Hall–Kier alpha value is -2.45. The molecule has 1 aliphatic carbocycles. The minimum Gasteiger partial charge on any atom is -0.391 e. The van der Waals surface area contributed by atoms with E-state index in [1.54, 1.807) is 0 Å². The van der Waals surface area contributed by atoms with Gasteiger partial charge in [-0.3, -0.25) is 14.4 Å². The average molecular weight is 573 g/mol. The smallest absolute Gasteiger partial charge is 0.242 e. The monoisotopic (exact) mass is 572 g/mol. The number of nitrogens with one attached hydrogen (secondary N) is 3. The van der Waals surface area contributed by atoms with Crippen molar-refractivity contribution in [1.82, 2.24) is 16.0 Å². The van der Waals surface area contributed by atoms with Crippen molar-refractivity contribution < 1.29 is 19.5 Å². The highest BCUT2D eigenvalue weighted by Gasteiger charge is 2.33. The van der Waals surface area contributed by atoms with Gasteiger partial charge < -0.3 is 26.8 Å². The van der Waals surface area contributed by atoms with Crippen LogP contribution in [0.25, 0.3) is 0 Å². The number of aliphatic hydroxyl groups is 1. The van der Waals surface area contributed by atoms with Crippen LogP contribution in [0.4, 0.5) is 0 Å². The minimum absolute atomic E-state index is 0.0428. The second kappa shape index (κ2) is 18.9. The maximum absolute atomic E-state index is 13.6. The molecule has 8 nitrogen and oxygen atoms in total. The van der Waals surface area contributed by atoms with Crippen LogP contribution in [-0.2, 0) is 20.8 Å². The molecular formula is C33H56N4O4. The summed E-state index contributed by atoms with van der Waals surface area (Å²) in [5.74, 6) is -0.599. The lowest BCUT2D eigenvalue weighted by Gasteiger charge is -2.33. The quantitative estimate of drug-likeness (QED) is 0.168. The van der Waals surface area contributed by atoms with Gasteiger partial charge in [-0.1, -0.05) is 103 Å². The molecule has 0 aromatic heterocycles. The van der Waals surface area contributed by atoms with E-state index in [-0.39, 0.29) is 36.0 Å². The van der Waals surface area contributed by atoms with Crippen molar-refractivity contribution >= 4 is 17.7 Å². The Labute approximate surface area is 248 Å². The molecule has 1 saturated carbocycles. The zero-order chi connectivity index (χ0) is 30.2. The Balaban J connectivity index is 2.12. The predicted molar refractivity (Wildman–Crippen MR) is 165 cm³/mol. The molecule has 0 aliphatic heterocycles. The maximum Gasteiger partial charge on any atom is 0.242 e. The minimum atomic E-state index is -0.872. The number of carbonyl (C=O) groups is 3. The number of hydrogen-bond donors (Lipinski definition) is 5. The molecule has 1 aromatic carbocycles. The summed E-state index contributed by atoms with van der Waals surface area (Å²) in [6.45, 7) is 8.67. The number of benzene rings is 1. The van der Waals surface area contributed by atoms with Gasteiger partial charge in [-0.15, -0.1) is 0 Å². The molecule has 0 saturated heterocycles. The molecule has 1 aliphatic rings. The number of carbonyl (C=O) groups excluding carboxylic acids is 3. The Bertz CT molecular complexity index is 904. The van der Waals surface area contributed by atoms with Gasteiger partial charge in [0, 0.05) is 12.5 Å². The molecule has 1 fully saturated rings. The summed E-state index contributed by atoms with van der Waals surface area (Å²) in [6.07, 6.45) is 9.22. The van der Waals surface area contributed by atoms with E-state index in [2.05, 4.69) is 22.9 Å².